The van der Waals surface area contributed by atoms with Gasteiger partial charge in [0, 0.05) is 36.7 Å². The zero-order chi connectivity index (χ0) is 14.9. The Bertz CT molecular complexity index is 629. The minimum Gasteiger partial charge on any atom is -0.493 e. The van der Waals surface area contributed by atoms with Crippen LogP contribution in [0.25, 0.3) is 0 Å². The van der Waals surface area contributed by atoms with Crippen LogP contribution in [0, 0.1) is 18.8 Å². The van der Waals surface area contributed by atoms with Crippen molar-refractivity contribution < 1.29 is 4.74 Å². The molecule has 1 heterocycles. The highest BCUT2D eigenvalue weighted by atomic mass is 35.5. The van der Waals surface area contributed by atoms with E-state index in [1.807, 2.05) is 37.4 Å². The zero-order valence-corrected chi connectivity index (χ0v) is 12.9. The van der Waals surface area contributed by atoms with Gasteiger partial charge in [-0.3, -0.25) is 4.98 Å². The maximum absolute atomic E-state index is 5.82. The average Bonchev–Trinajstić information content (AvgIpc) is 2.51. The predicted molar refractivity (Wildman–Crippen MR) is 86.8 cm³/mol. The fourth-order valence-electron chi connectivity index (χ4n) is 1.93. The Morgan fingerprint density at radius 3 is 2.90 bits per heavy atom. The number of benzene rings is 1. The number of pyridine rings is 1. The summed E-state index contributed by atoms with van der Waals surface area (Å²) in [5, 5.41) is 0. The summed E-state index contributed by atoms with van der Waals surface area (Å²) in [7, 11) is 0. The molecule has 2 rings (SSSR count). The van der Waals surface area contributed by atoms with Crippen molar-refractivity contribution in [3.63, 3.8) is 0 Å². The SMILES string of the molecule is Cc1cc(C#CCCCl)ccc1OCCc1cccnc1. The molecule has 0 N–H and O–H groups in total. The molecule has 0 saturated carbocycles. The van der Waals surface area contributed by atoms with E-state index in [1.54, 1.807) is 6.20 Å². The summed E-state index contributed by atoms with van der Waals surface area (Å²) in [6.07, 6.45) is 5.21. The molecule has 0 aliphatic rings. The van der Waals surface area contributed by atoms with E-state index < -0.39 is 0 Å². The lowest BCUT2D eigenvalue weighted by Crippen LogP contribution is -2.02. The fourth-order valence-corrected chi connectivity index (χ4v) is 2.02. The fraction of sp³-hybridized carbons (Fsp3) is 0.278. The van der Waals surface area contributed by atoms with Gasteiger partial charge in [-0.05, 0) is 42.3 Å². The summed E-state index contributed by atoms with van der Waals surface area (Å²) in [4.78, 5) is 4.09. The minimum atomic E-state index is 0.571. The second-order valence-corrected chi connectivity index (χ2v) is 5.06. The summed E-state index contributed by atoms with van der Waals surface area (Å²) in [6, 6.07) is 9.99. The van der Waals surface area contributed by atoms with E-state index in [2.05, 4.69) is 22.9 Å². The van der Waals surface area contributed by atoms with E-state index in [0.717, 1.165) is 23.3 Å². The molecular weight excluding hydrogens is 282 g/mol. The summed E-state index contributed by atoms with van der Waals surface area (Å²) >= 11 is 5.61. The lowest BCUT2D eigenvalue weighted by Gasteiger charge is -2.09. The second-order valence-electron chi connectivity index (χ2n) is 4.68. The molecule has 0 amide bonds. The van der Waals surface area contributed by atoms with E-state index >= 15 is 0 Å². The topological polar surface area (TPSA) is 22.1 Å². The van der Waals surface area contributed by atoms with Crippen LogP contribution in [0.4, 0.5) is 0 Å². The van der Waals surface area contributed by atoms with Gasteiger partial charge in [0.25, 0.3) is 0 Å². The standard InChI is InChI=1S/C18H18ClNO/c1-15-13-16(5-2-3-10-19)7-8-18(15)21-12-9-17-6-4-11-20-14-17/h4,6-8,11,13-14H,3,9-10,12H2,1H3. The van der Waals surface area contributed by atoms with Crippen LogP contribution in [-0.4, -0.2) is 17.5 Å². The molecule has 3 heteroatoms. The molecule has 108 valence electrons. The van der Waals surface area contributed by atoms with Crippen molar-refractivity contribution in [3.05, 3.63) is 59.4 Å². The molecule has 0 fully saturated rings. The van der Waals surface area contributed by atoms with Crippen molar-refractivity contribution in [2.45, 2.75) is 19.8 Å². The molecule has 21 heavy (non-hydrogen) atoms. The largest absolute Gasteiger partial charge is 0.493 e. The molecule has 0 radical (unpaired) electrons. The number of hydrogen-bond donors (Lipinski definition) is 0. The van der Waals surface area contributed by atoms with Crippen LogP contribution in [0.2, 0.25) is 0 Å². The summed E-state index contributed by atoms with van der Waals surface area (Å²) in [6.45, 7) is 2.68. The van der Waals surface area contributed by atoms with E-state index in [4.69, 9.17) is 16.3 Å². The van der Waals surface area contributed by atoms with Crippen LogP contribution in [0.15, 0.2) is 42.7 Å². The molecule has 0 atom stereocenters. The number of halogens is 1. The van der Waals surface area contributed by atoms with Gasteiger partial charge in [0.15, 0.2) is 0 Å². The van der Waals surface area contributed by atoms with Crippen molar-refractivity contribution in [2.24, 2.45) is 0 Å². The Balaban J connectivity index is 1.91. The van der Waals surface area contributed by atoms with E-state index in [9.17, 15) is 0 Å². The monoisotopic (exact) mass is 299 g/mol. The number of hydrogen-bond acceptors (Lipinski definition) is 2. The summed E-state index contributed by atoms with van der Waals surface area (Å²) < 4.78 is 5.82. The Labute approximate surface area is 131 Å². The normalized spacial score (nSPS) is 9.81. The first-order chi connectivity index (χ1) is 10.3. The van der Waals surface area contributed by atoms with E-state index in [-0.39, 0.29) is 0 Å². The van der Waals surface area contributed by atoms with Crippen LogP contribution in [-0.2, 0) is 6.42 Å². The van der Waals surface area contributed by atoms with E-state index in [1.165, 1.54) is 5.56 Å². The molecule has 0 saturated heterocycles. The molecule has 0 bridgehead atoms. The van der Waals surface area contributed by atoms with Gasteiger partial charge in [-0.1, -0.05) is 17.9 Å². The molecule has 1 aromatic heterocycles. The van der Waals surface area contributed by atoms with Crippen molar-refractivity contribution in [3.8, 4) is 17.6 Å². The number of alkyl halides is 1. The van der Waals surface area contributed by atoms with Gasteiger partial charge in [0.1, 0.15) is 5.75 Å². The number of ether oxygens (including phenoxy) is 1. The molecule has 0 aliphatic carbocycles. The van der Waals surface area contributed by atoms with Gasteiger partial charge in [-0.15, -0.1) is 11.6 Å². The Hall–Kier alpha value is -1.98. The van der Waals surface area contributed by atoms with E-state index in [0.29, 0.717) is 18.9 Å². The van der Waals surface area contributed by atoms with Gasteiger partial charge in [0.2, 0.25) is 0 Å². The molecule has 0 spiro atoms. The minimum absolute atomic E-state index is 0.571. The third-order valence-corrected chi connectivity index (χ3v) is 3.19. The molecule has 2 nitrogen and oxygen atoms in total. The number of aromatic nitrogens is 1. The van der Waals surface area contributed by atoms with Crippen molar-refractivity contribution >= 4 is 11.6 Å². The molecule has 1 aromatic carbocycles. The lowest BCUT2D eigenvalue weighted by molar-refractivity contribution is 0.319. The van der Waals surface area contributed by atoms with Crippen LogP contribution in [0.1, 0.15) is 23.1 Å². The van der Waals surface area contributed by atoms with Gasteiger partial charge >= 0.3 is 0 Å². The first kappa shape index (κ1) is 15.4. The second kappa shape index (κ2) is 8.34. The van der Waals surface area contributed by atoms with Crippen molar-refractivity contribution in [1.29, 1.82) is 0 Å². The number of aryl methyl sites for hydroxylation is 1. The van der Waals surface area contributed by atoms with Crippen molar-refractivity contribution in [2.75, 3.05) is 12.5 Å². The highest BCUT2D eigenvalue weighted by Gasteiger charge is 2.01. The average molecular weight is 300 g/mol. The van der Waals surface area contributed by atoms with Gasteiger partial charge < -0.3 is 4.74 Å². The smallest absolute Gasteiger partial charge is 0.122 e. The Kier molecular flexibility index (Phi) is 6.12. The van der Waals surface area contributed by atoms with Crippen LogP contribution in [0.3, 0.4) is 0 Å². The summed E-state index contributed by atoms with van der Waals surface area (Å²) in [5.41, 5.74) is 3.27. The van der Waals surface area contributed by atoms with Gasteiger partial charge in [-0.2, -0.15) is 0 Å². The number of nitrogens with zero attached hydrogens (tertiary/aromatic N) is 1. The van der Waals surface area contributed by atoms with Crippen LogP contribution >= 0.6 is 11.6 Å². The molecule has 2 aromatic rings. The van der Waals surface area contributed by atoms with Crippen LogP contribution in [0.5, 0.6) is 5.75 Å². The van der Waals surface area contributed by atoms with Crippen molar-refractivity contribution in [1.82, 2.24) is 4.98 Å². The third-order valence-electron chi connectivity index (χ3n) is 3.00. The number of rotatable bonds is 5. The summed E-state index contributed by atoms with van der Waals surface area (Å²) in [5.74, 6) is 7.61. The Morgan fingerprint density at radius 1 is 1.29 bits per heavy atom. The van der Waals surface area contributed by atoms with Gasteiger partial charge in [0.05, 0.1) is 6.61 Å². The highest BCUT2D eigenvalue weighted by Crippen LogP contribution is 2.19. The van der Waals surface area contributed by atoms with Gasteiger partial charge in [-0.25, -0.2) is 0 Å². The maximum atomic E-state index is 5.82. The lowest BCUT2D eigenvalue weighted by atomic mass is 10.1. The third kappa shape index (κ3) is 5.13. The van der Waals surface area contributed by atoms with Crippen LogP contribution < -0.4 is 4.74 Å². The Morgan fingerprint density at radius 2 is 2.19 bits per heavy atom. The maximum Gasteiger partial charge on any atom is 0.122 e. The highest BCUT2D eigenvalue weighted by molar-refractivity contribution is 6.18. The zero-order valence-electron chi connectivity index (χ0n) is 12.1. The first-order valence-electron chi connectivity index (χ1n) is 6.97. The molecule has 0 unspecified atom stereocenters. The molecule has 0 aliphatic heterocycles. The quantitative estimate of drug-likeness (QED) is 0.615. The first-order valence-corrected chi connectivity index (χ1v) is 7.50. The predicted octanol–water partition coefficient (Wildman–Crippen LogP) is 3.99. The molecular formula is C18H18ClNO.